The van der Waals surface area contributed by atoms with Crippen molar-refractivity contribution in [1.82, 2.24) is 5.16 Å². The number of halogens is 1. The zero-order valence-electron chi connectivity index (χ0n) is 19.8. The van der Waals surface area contributed by atoms with E-state index in [1.54, 1.807) is 65.8 Å². The van der Waals surface area contributed by atoms with Crippen molar-refractivity contribution >= 4 is 29.2 Å². The zero-order valence-corrected chi connectivity index (χ0v) is 20.6. The van der Waals surface area contributed by atoms with Crippen LogP contribution in [0.4, 0.5) is 5.69 Å². The summed E-state index contributed by atoms with van der Waals surface area (Å²) in [6.07, 6.45) is -0.165. The third-order valence-corrected chi connectivity index (χ3v) is 4.76. The molecule has 1 atom stereocenters. The predicted octanol–water partition coefficient (Wildman–Crippen LogP) is 5.17. The van der Waals surface area contributed by atoms with Crippen molar-refractivity contribution in [3.63, 3.8) is 0 Å². The van der Waals surface area contributed by atoms with Gasteiger partial charge in [-0.15, -0.1) is 0 Å². The van der Waals surface area contributed by atoms with Gasteiger partial charge < -0.3 is 14.0 Å². The summed E-state index contributed by atoms with van der Waals surface area (Å²) >= 11 is 6.02. The Kier molecular flexibility index (Phi) is 7.90. The van der Waals surface area contributed by atoms with Gasteiger partial charge in [-0.2, -0.15) is 0 Å². The molecule has 0 aliphatic heterocycles. The molecule has 1 unspecified atom stereocenters. The Morgan fingerprint density at radius 1 is 1.06 bits per heavy atom. The average Bonchev–Trinajstić information content (AvgIpc) is 2.99. The topological polar surface area (TPSA) is 122 Å². The van der Waals surface area contributed by atoms with Gasteiger partial charge >= 0.3 is 17.6 Å². The van der Waals surface area contributed by atoms with Gasteiger partial charge in [-0.25, -0.2) is 0 Å². The second-order valence-electron chi connectivity index (χ2n) is 9.70. The van der Waals surface area contributed by atoms with Crippen LogP contribution in [-0.2, 0) is 25.5 Å². The lowest BCUT2D eigenvalue weighted by Gasteiger charge is -2.30. The number of esters is 2. The maximum atomic E-state index is 13.3. The minimum Gasteiger partial charge on any atom is -0.459 e. The molecule has 1 heterocycles. The summed E-state index contributed by atoms with van der Waals surface area (Å²) in [5.41, 5.74) is -1.44. The summed E-state index contributed by atoms with van der Waals surface area (Å²) in [5, 5.41) is 15.7. The van der Waals surface area contributed by atoms with Crippen molar-refractivity contribution in [3.8, 4) is 0 Å². The normalized spacial score (nSPS) is 13.0. The third kappa shape index (κ3) is 7.28. The van der Waals surface area contributed by atoms with E-state index < -0.39 is 39.9 Å². The molecule has 0 saturated carbocycles. The fourth-order valence-electron chi connectivity index (χ4n) is 3.27. The molecule has 0 aliphatic rings. The molecule has 0 bridgehead atoms. The molecule has 2 rings (SSSR count). The van der Waals surface area contributed by atoms with Gasteiger partial charge in [0.25, 0.3) is 0 Å². The smallest absolute Gasteiger partial charge is 0.334 e. The highest BCUT2D eigenvalue weighted by atomic mass is 35.5. The number of ether oxygens (including phenoxy) is 2. The fraction of sp³-hybridized carbons (Fsp3) is 0.522. The summed E-state index contributed by atoms with van der Waals surface area (Å²) in [5.74, 6) is -4.01. The van der Waals surface area contributed by atoms with Gasteiger partial charge in [0.1, 0.15) is 11.2 Å². The maximum absolute atomic E-state index is 13.3. The van der Waals surface area contributed by atoms with Gasteiger partial charge in [-0.05, 0) is 66.2 Å². The molecule has 33 heavy (non-hydrogen) atoms. The summed E-state index contributed by atoms with van der Waals surface area (Å²) in [4.78, 5) is 37.5. The Hall–Kier alpha value is -2.94. The van der Waals surface area contributed by atoms with Crippen LogP contribution in [0, 0.1) is 23.0 Å². The monoisotopic (exact) mass is 480 g/mol. The minimum atomic E-state index is -1.42. The Morgan fingerprint density at radius 3 is 1.97 bits per heavy atom. The zero-order chi connectivity index (χ0) is 25.1. The molecule has 9 nitrogen and oxygen atoms in total. The van der Waals surface area contributed by atoms with Crippen LogP contribution in [0.25, 0.3) is 0 Å². The number of rotatable bonds is 7. The van der Waals surface area contributed by atoms with Gasteiger partial charge in [0.2, 0.25) is 5.76 Å². The molecule has 0 fully saturated rings. The SMILES string of the molecule is Cc1noc(CC(c2ccc(Cl)cc2)C(C(=O)OC(C)(C)C)C(=O)OC(C)(C)C)c1[N+](=O)[O-]. The molecule has 1 aromatic carbocycles. The van der Waals surface area contributed by atoms with E-state index in [1.165, 1.54) is 6.92 Å². The molecule has 2 aromatic rings. The van der Waals surface area contributed by atoms with Gasteiger partial charge in [-0.3, -0.25) is 19.7 Å². The summed E-state index contributed by atoms with van der Waals surface area (Å²) in [6.45, 7) is 11.5. The van der Waals surface area contributed by atoms with Crippen molar-refractivity contribution in [3.05, 3.63) is 56.4 Å². The van der Waals surface area contributed by atoms with Crippen LogP contribution < -0.4 is 0 Å². The van der Waals surface area contributed by atoms with Crippen LogP contribution in [0.2, 0.25) is 5.02 Å². The number of aromatic nitrogens is 1. The van der Waals surface area contributed by atoms with Gasteiger partial charge in [0.15, 0.2) is 11.6 Å². The van der Waals surface area contributed by atoms with Crippen LogP contribution in [-0.4, -0.2) is 33.2 Å². The molecule has 0 radical (unpaired) electrons. The van der Waals surface area contributed by atoms with Crippen LogP contribution >= 0.6 is 11.6 Å². The number of hydrogen-bond acceptors (Lipinski definition) is 8. The molecule has 0 spiro atoms. The number of nitrogens with zero attached hydrogens (tertiary/aromatic N) is 2. The summed E-state index contributed by atoms with van der Waals surface area (Å²) in [6, 6.07) is 6.49. The Labute approximate surface area is 197 Å². The fourth-order valence-corrected chi connectivity index (χ4v) is 3.40. The molecule has 0 N–H and O–H groups in total. The molecular weight excluding hydrogens is 452 g/mol. The number of carbonyl (C=O) groups is 2. The van der Waals surface area contributed by atoms with Crippen LogP contribution in [0.5, 0.6) is 0 Å². The number of carbonyl (C=O) groups excluding carboxylic acids is 2. The first kappa shape index (κ1) is 26.3. The molecule has 1 aromatic heterocycles. The summed E-state index contributed by atoms with van der Waals surface area (Å²) < 4.78 is 16.3. The number of nitro groups is 1. The highest BCUT2D eigenvalue weighted by Crippen LogP contribution is 2.36. The number of benzene rings is 1. The molecular formula is C23H29ClN2O7. The van der Waals surface area contributed by atoms with E-state index in [9.17, 15) is 19.7 Å². The van der Waals surface area contributed by atoms with Gasteiger partial charge in [-0.1, -0.05) is 28.9 Å². The van der Waals surface area contributed by atoms with Crippen LogP contribution in [0.3, 0.4) is 0 Å². The van der Waals surface area contributed by atoms with Crippen molar-refractivity contribution in [2.75, 3.05) is 0 Å². The van der Waals surface area contributed by atoms with Crippen molar-refractivity contribution in [1.29, 1.82) is 0 Å². The molecule has 0 amide bonds. The Morgan fingerprint density at radius 2 is 1.55 bits per heavy atom. The van der Waals surface area contributed by atoms with Crippen LogP contribution in [0.15, 0.2) is 28.8 Å². The second-order valence-corrected chi connectivity index (χ2v) is 10.1. The highest BCUT2D eigenvalue weighted by Gasteiger charge is 2.43. The number of hydrogen-bond donors (Lipinski definition) is 0. The van der Waals surface area contributed by atoms with Gasteiger partial charge in [0, 0.05) is 17.4 Å². The van der Waals surface area contributed by atoms with E-state index in [-0.39, 0.29) is 23.6 Å². The highest BCUT2D eigenvalue weighted by molar-refractivity contribution is 6.30. The average molecular weight is 481 g/mol. The molecule has 0 saturated heterocycles. The van der Waals surface area contributed by atoms with Crippen LogP contribution in [0.1, 0.15) is 64.5 Å². The predicted molar refractivity (Wildman–Crippen MR) is 121 cm³/mol. The van der Waals surface area contributed by atoms with Crippen molar-refractivity contribution < 1.29 is 28.5 Å². The third-order valence-electron chi connectivity index (χ3n) is 4.51. The minimum absolute atomic E-state index is 0.0606. The van der Waals surface area contributed by atoms with E-state index in [0.29, 0.717) is 10.6 Å². The standard InChI is InChI=1S/C23H29ClN2O7/c1-13-19(26(29)30)17(33-25-13)12-16(14-8-10-15(24)11-9-14)18(20(27)31-22(2,3)4)21(28)32-23(5,6)7/h8-11,16,18H,12H2,1-7H3. The lowest BCUT2D eigenvalue weighted by molar-refractivity contribution is -0.386. The number of aryl methyl sites for hydroxylation is 1. The van der Waals surface area contributed by atoms with Crippen molar-refractivity contribution in [2.45, 2.75) is 72.0 Å². The Bertz CT molecular complexity index is 989. The van der Waals surface area contributed by atoms with E-state index in [1.807, 2.05) is 0 Å². The Balaban J connectivity index is 2.63. The maximum Gasteiger partial charge on any atom is 0.334 e. The first-order chi connectivity index (χ1) is 15.1. The largest absolute Gasteiger partial charge is 0.459 e. The lowest BCUT2D eigenvalue weighted by atomic mass is 9.82. The van der Waals surface area contributed by atoms with E-state index >= 15 is 0 Å². The quantitative estimate of drug-likeness (QED) is 0.230. The molecule has 0 aliphatic carbocycles. The lowest BCUT2D eigenvalue weighted by Crippen LogP contribution is -2.40. The molecule has 10 heteroatoms. The van der Waals surface area contributed by atoms with E-state index in [0.717, 1.165) is 0 Å². The van der Waals surface area contributed by atoms with Crippen molar-refractivity contribution in [2.24, 2.45) is 5.92 Å². The summed E-state index contributed by atoms with van der Waals surface area (Å²) in [7, 11) is 0. The van der Waals surface area contributed by atoms with Gasteiger partial charge in [0.05, 0.1) is 4.92 Å². The first-order valence-corrected chi connectivity index (χ1v) is 10.8. The second kappa shape index (κ2) is 9.91. The molecule has 180 valence electrons. The van der Waals surface area contributed by atoms with E-state index in [2.05, 4.69) is 5.16 Å². The van der Waals surface area contributed by atoms with E-state index in [4.69, 9.17) is 25.6 Å². The first-order valence-electron chi connectivity index (χ1n) is 10.4.